The molecule has 15 heavy (non-hydrogen) atoms. The number of hydrogen-bond acceptors (Lipinski definition) is 4. The molecule has 0 saturated carbocycles. The average Bonchev–Trinajstić information content (AvgIpc) is 2.13. The summed E-state index contributed by atoms with van der Waals surface area (Å²) in [5, 5.41) is 2.39. The second kappa shape index (κ2) is 6.59. The van der Waals surface area contributed by atoms with E-state index in [2.05, 4.69) is 14.8 Å². The van der Waals surface area contributed by atoms with E-state index in [-0.39, 0.29) is 19.7 Å². The Labute approximate surface area is 90.0 Å². The molecule has 0 aromatic carbocycles. The summed E-state index contributed by atoms with van der Waals surface area (Å²) < 4.78 is 30.3. The molecule has 0 aromatic rings. The van der Waals surface area contributed by atoms with Gasteiger partial charge in [-0.1, -0.05) is 0 Å². The van der Waals surface area contributed by atoms with Crippen LogP contribution in [-0.4, -0.2) is 52.6 Å². The molecule has 0 aliphatic carbocycles. The molecule has 8 heteroatoms. The Balaban J connectivity index is 3.68. The van der Waals surface area contributed by atoms with Gasteiger partial charge in [0.05, 0.1) is 6.61 Å². The number of hydrogen-bond donors (Lipinski definition) is 2. The van der Waals surface area contributed by atoms with Crippen LogP contribution in [0.25, 0.3) is 0 Å². The lowest BCUT2D eigenvalue weighted by Crippen LogP contribution is -2.40. The molecule has 2 N–H and O–H groups in total. The number of ether oxygens (including phenoxy) is 1. The summed E-state index contributed by atoms with van der Waals surface area (Å²) in [7, 11) is -0.582. The van der Waals surface area contributed by atoms with Crippen LogP contribution in [0, 0.1) is 0 Å². The normalized spacial score (nSPS) is 11.5. The maximum absolute atomic E-state index is 11.2. The molecule has 0 unspecified atom stereocenters. The van der Waals surface area contributed by atoms with Crippen molar-refractivity contribution in [3.8, 4) is 0 Å². The zero-order chi connectivity index (χ0) is 11.9. The van der Waals surface area contributed by atoms with E-state index in [1.165, 1.54) is 14.1 Å². The fraction of sp³-hybridized carbons (Fsp3) is 0.857. The van der Waals surface area contributed by atoms with E-state index < -0.39 is 16.3 Å². The van der Waals surface area contributed by atoms with Crippen molar-refractivity contribution >= 4 is 16.3 Å². The largest absolute Gasteiger partial charge is 0.450 e. The maximum Gasteiger partial charge on any atom is 0.407 e. The SMILES string of the molecule is CCOC(=O)NCCNS(=O)(=O)N(C)C. The van der Waals surface area contributed by atoms with E-state index in [1.54, 1.807) is 6.92 Å². The lowest BCUT2D eigenvalue weighted by molar-refractivity contribution is 0.152. The van der Waals surface area contributed by atoms with Crippen LogP contribution in [0.2, 0.25) is 0 Å². The summed E-state index contributed by atoms with van der Waals surface area (Å²) in [5.74, 6) is 0. The Kier molecular flexibility index (Phi) is 6.21. The third-order valence-electron chi connectivity index (χ3n) is 1.43. The number of carbonyl (C=O) groups excluding carboxylic acids is 1. The second-order valence-electron chi connectivity index (χ2n) is 2.83. The van der Waals surface area contributed by atoms with Crippen molar-refractivity contribution in [1.29, 1.82) is 0 Å². The van der Waals surface area contributed by atoms with Crippen molar-refractivity contribution in [2.45, 2.75) is 6.92 Å². The topological polar surface area (TPSA) is 87.7 Å². The molecule has 7 nitrogen and oxygen atoms in total. The van der Waals surface area contributed by atoms with Crippen molar-refractivity contribution in [2.75, 3.05) is 33.8 Å². The van der Waals surface area contributed by atoms with E-state index in [1.807, 2.05) is 0 Å². The molecule has 0 bridgehead atoms. The summed E-state index contributed by atoms with van der Waals surface area (Å²) in [5.41, 5.74) is 0. The summed E-state index contributed by atoms with van der Waals surface area (Å²) >= 11 is 0. The fourth-order valence-electron chi connectivity index (χ4n) is 0.656. The van der Waals surface area contributed by atoms with Gasteiger partial charge in [-0.05, 0) is 6.92 Å². The predicted octanol–water partition coefficient (Wildman–Crippen LogP) is -0.871. The highest BCUT2D eigenvalue weighted by Crippen LogP contribution is 1.86. The Hall–Kier alpha value is -0.860. The fourth-order valence-corrected chi connectivity index (χ4v) is 1.27. The van der Waals surface area contributed by atoms with Crippen molar-refractivity contribution in [1.82, 2.24) is 14.3 Å². The Morgan fingerprint density at radius 1 is 1.33 bits per heavy atom. The van der Waals surface area contributed by atoms with Crippen LogP contribution in [0.3, 0.4) is 0 Å². The summed E-state index contributed by atoms with van der Waals surface area (Å²) in [6, 6.07) is 0. The van der Waals surface area contributed by atoms with E-state index in [0.29, 0.717) is 0 Å². The third kappa shape index (κ3) is 6.26. The first-order valence-electron chi connectivity index (χ1n) is 4.48. The number of nitrogens with zero attached hydrogens (tertiary/aromatic N) is 1. The van der Waals surface area contributed by atoms with Gasteiger partial charge < -0.3 is 10.1 Å². The molecule has 0 rings (SSSR count). The van der Waals surface area contributed by atoms with Gasteiger partial charge in [-0.25, -0.2) is 9.52 Å². The van der Waals surface area contributed by atoms with Gasteiger partial charge >= 0.3 is 6.09 Å². The highest BCUT2D eigenvalue weighted by Gasteiger charge is 2.11. The van der Waals surface area contributed by atoms with Gasteiger partial charge in [0.1, 0.15) is 0 Å². The number of alkyl carbamates (subject to hydrolysis) is 1. The molecular formula is C7H17N3O4S. The minimum atomic E-state index is -3.42. The van der Waals surface area contributed by atoms with Gasteiger partial charge in [-0.2, -0.15) is 12.7 Å². The smallest absolute Gasteiger partial charge is 0.407 e. The van der Waals surface area contributed by atoms with Gasteiger partial charge in [0.15, 0.2) is 0 Å². The Morgan fingerprint density at radius 3 is 2.40 bits per heavy atom. The van der Waals surface area contributed by atoms with E-state index >= 15 is 0 Å². The highest BCUT2D eigenvalue weighted by molar-refractivity contribution is 7.87. The van der Waals surface area contributed by atoms with Gasteiger partial charge in [0, 0.05) is 27.2 Å². The first-order valence-corrected chi connectivity index (χ1v) is 5.92. The molecule has 90 valence electrons. The molecule has 0 heterocycles. The van der Waals surface area contributed by atoms with Crippen LogP contribution in [0.15, 0.2) is 0 Å². The highest BCUT2D eigenvalue weighted by atomic mass is 32.2. The van der Waals surface area contributed by atoms with Crippen molar-refractivity contribution in [3.63, 3.8) is 0 Å². The van der Waals surface area contributed by atoms with Crippen LogP contribution < -0.4 is 10.0 Å². The predicted molar refractivity (Wildman–Crippen MR) is 55.6 cm³/mol. The zero-order valence-electron chi connectivity index (χ0n) is 9.11. The van der Waals surface area contributed by atoms with Gasteiger partial charge in [0.25, 0.3) is 10.2 Å². The van der Waals surface area contributed by atoms with Crippen molar-refractivity contribution < 1.29 is 17.9 Å². The number of nitrogens with one attached hydrogen (secondary N) is 2. The lowest BCUT2D eigenvalue weighted by atomic mass is 10.6. The van der Waals surface area contributed by atoms with Crippen LogP contribution in [0.1, 0.15) is 6.92 Å². The minimum Gasteiger partial charge on any atom is -0.450 e. The molecule has 0 spiro atoms. The van der Waals surface area contributed by atoms with Crippen molar-refractivity contribution in [2.24, 2.45) is 0 Å². The molecule has 1 amide bonds. The standard InChI is InChI=1S/C7H17N3O4S/c1-4-14-7(11)8-5-6-9-15(12,13)10(2)3/h9H,4-6H2,1-3H3,(H,8,11). The molecule has 0 aromatic heterocycles. The minimum absolute atomic E-state index is 0.124. The van der Waals surface area contributed by atoms with Gasteiger partial charge in [0.2, 0.25) is 0 Å². The van der Waals surface area contributed by atoms with Gasteiger partial charge in [-0.15, -0.1) is 0 Å². The van der Waals surface area contributed by atoms with Crippen LogP contribution in [0.4, 0.5) is 4.79 Å². The zero-order valence-corrected chi connectivity index (χ0v) is 9.93. The lowest BCUT2D eigenvalue weighted by Gasteiger charge is -2.12. The average molecular weight is 239 g/mol. The second-order valence-corrected chi connectivity index (χ2v) is 4.80. The molecule has 0 saturated heterocycles. The summed E-state index contributed by atoms with van der Waals surface area (Å²) in [4.78, 5) is 10.8. The van der Waals surface area contributed by atoms with E-state index in [9.17, 15) is 13.2 Å². The van der Waals surface area contributed by atoms with Crippen molar-refractivity contribution in [3.05, 3.63) is 0 Å². The number of rotatable bonds is 6. The maximum atomic E-state index is 11.2. The van der Waals surface area contributed by atoms with Crippen LogP contribution >= 0.6 is 0 Å². The Bertz CT molecular complexity index is 289. The summed E-state index contributed by atoms with van der Waals surface area (Å²) in [6.07, 6.45) is -0.554. The monoisotopic (exact) mass is 239 g/mol. The molecular weight excluding hydrogens is 222 g/mol. The first-order chi connectivity index (χ1) is 6.90. The first kappa shape index (κ1) is 14.1. The Morgan fingerprint density at radius 2 is 1.93 bits per heavy atom. The van der Waals surface area contributed by atoms with Crippen LogP contribution in [-0.2, 0) is 14.9 Å². The van der Waals surface area contributed by atoms with E-state index in [0.717, 1.165) is 4.31 Å². The molecule has 0 atom stereocenters. The number of amides is 1. The van der Waals surface area contributed by atoms with E-state index in [4.69, 9.17) is 0 Å². The quantitative estimate of drug-likeness (QED) is 0.590. The molecule has 0 fully saturated rings. The van der Waals surface area contributed by atoms with Gasteiger partial charge in [-0.3, -0.25) is 0 Å². The third-order valence-corrected chi connectivity index (χ3v) is 2.97. The number of carbonyl (C=O) groups is 1. The van der Waals surface area contributed by atoms with Crippen LogP contribution in [0.5, 0.6) is 0 Å². The summed E-state index contributed by atoms with van der Waals surface area (Å²) in [6.45, 7) is 2.29. The molecule has 0 aliphatic rings. The molecule has 0 radical (unpaired) electrons. The molecule has 0 aliphatic heterocycles.